The van der Waals surface area contributed by atoms with Crippen LogP contribution in [0.3, 0.4) is 0 Å². The Hall–Kier alpha value is -1.02. The van der Waals surface area contributed by atoms with Crippen LogP contribution in [0.2, 0.25) is 0 Å². The van der Waals surface area contributed by atoms with E-state index in [1.807, 2.05) is 25.1 Å². The molecule has 6 heteroatoms. The Labute approximate surface area is 157 Å². The number of guanidine groups is 1. The first-order valence-electron chi connectivity index (χ1n) is 7.95. The Balaban J connectivity index is 0.00000484. The molecule has 1 unspecified atom stereocenters. The van der Waals surface area contributed by atoms with Crippen LogP contribution in [0.5, 0.6) is 5.75 Å². The van der Waals surface area contributed by atoms with Gasteiger partial charge in [-0.25, -0.2) is 0 Å². The van der Waals surface area contributed by atoms with Crippen molar-refractivity contribution < 1.29 is 9.47 Å². The molecule has 0 aliphatic heterocycles. The summed E-state index contributed by atoms with van der Waals surface area (Å²) in [5, 5.41) is 6.52. The van der Waals surface area contributed by atoms with Crippen molar-refractivity contribution in [1.82, 2.24) is 10.6 Å². The van der Waals surface area contributed by atoms with Crippen LogP contribution >= 0.6 is 24.0 Å². The van der Waals surface area contributed by atoms with Gasteiger partial charge in [0, 0.05) is 32.2 Å². The average Bonchev–Trinajstić information content (AvgIpc) is 2.56. The van der Waals surface area contributed by atoms with E-state index >= 15 is 0 Å². The van der Waals surface area contributed by atoms with Crippen molar-refractivity contribution in [3.05, 3.63) is 29.8 Å². The van der Waals surface area contributed by atoms with Gasteiger partial charge >= 0.3 is 0 Å². The fraction of sp³-hybridized carbons (Fsp3) is 0.588. The van der Waals surface area contributed by atoms with Gasteiger partial charge in [-0.3, -0.25) is 4.99 Å². The van der Waals surface area contributed by atoms with Crippen LogP contribution in [-0.4, -0.2) is 45.9 Å². The third kappa shape index (κ3) is 8.41. The molecule has 2 N–H and O–H groups in total. The fourth-order valence-electron chi connectivity index (χ4n) is 2.13. The highest BCUT2D eigenvalue weighted by atomic mass is 127. The normalized spacial score (nSPS) is 12.3. The van der Waals surface area contributed by atoms with Crippen LogP contribution in [0.4, 0.5) is 0 Å². The van der Waals surface area contributed by atoms with Gasteiger partial charge < -0.3 is 20.1 Å². The van der Waals surface area contributed by atoms with Gasteiger partial charge in [0.05, 0.1) is 13.7 Å². The molecule has 0 amide bonds. The van der Waals surface area contributed by atoms with E-state index in [2.05, 4.69) is 35.5 Å². The molecule has 1 aromatic rings. The maximum Gasteiger partial charge on any atom is 0.191 e. The molecule has 0 aliphatic carbocycles. The standard InChI is InChI=1S/C17H29N3O2.HI/c1-5-18-17(19-11-12-22-6-2)20-13-14(3)15-9-7-8-10-16(15)21-4;/h7-10,14H,5-6,11-13H2,1-4H3,(H2,18,19,20);1H. The first kappa shape index (κ1) is 22.0. The van der Waals surface area contributed by atoms with E-state index in [1.54, 1.807) is 7.11 Å². The summed E-state index contributed by atoms with van der Waals surface area (Å²) >= 11 is 0. The lowest BCUT2D eigenvalue weighted by molar-refractivity contribution is 0.152. The van der Waals surface area contributed by atoms with Crippen LogP contribution in [0.15, 0.2) is 29.3 Å². The lowest BCUT2D eigenvalue weighted by Gasteiger charge is -2.15. The summed E-state index contributed by atoms with van der Waals surface area (Å²) < 4.78 is 10.7. The lowest BCUT2D eigenvalue weighted by Crippen LogP contribution is -2.39. The molecular weight excluding hydrogens is 405 g/mol. The molecule has 132 valence electrons. The summed E-state index contributed by atoms with van der Waals surface area (Å²) in [6, 6.07) is 8.09. The van der Waals surface area contributed by atoms with Crippen LogP contribution in [-0.2, 0) is 4.74 Å². The topological polar surface area (TPSA) is 54.9 Å². The Bertz CT molecular complexity index is 455. The lowest BCUT2D eigenvalue weighted by atomic mass is 10.0. The molecule has 0 saturated heterocycles. The molecule has 1 aromatic carbocycles. The minimum Gasteiger partial charge on any atom is -0.496 e. The third-order valence-corrected chi connectivity index (χ3v) is 3.28. The van der Waals surface area contributed by atoms with Gasteiger partial charge in [0.1, 0.15) is 5.75 Å². The third-order valence-electron chi connectivity index (χ3n) is 3.28. The van der Waals surface area contributed by atoms with E-state index in [9.17, 15) is 0 Å². The van der Waals surface area contributed by atoms with Crippen LogP contribution in [0, 0.1) is 0 Å². The SMILES string of the molecule is CCNC(=NCC(C)c1ccccc1OC)NCCOCC.I. The van der Waals surface area contributed by atoms with Gasteiger partial charge in [0.15, 0.2) is 5.96 Å². The molecule has 23 heavy (non-hydrogen) atoms. The number of para-hydroxylation sites is 1. The Morgan fingerprint density at radius 3 is 2.61 bits per heavy atom. The van der Waals surface area contributed by atoms with Gasteiger partial charge in [-0.1, -0.05) is 25.1 Å². The van der Waals surface area contributed by atoms with Crippen molar-refractivity contribution in [3.63, 3.8) is 0 Å². The van der Waals surface area contributed by atoms with Gasteiger partial charge in [0.25, 0.3) is 0 Å². The zero-order valence-electron chi connectivity index (χ0n) is 14.6. The van der Waals surface area contributed by atoms with Crippen LogP contribution in [0.1, 0.15) is 32.3 Å². The van der Waals surface area contributed by atoms with E-state index in [1.165, 1.54) is 5.56 Å². The number of benzene rings is 1. The van der Waals surface area contributed by atoms with E-state index in [-0.39, 0.29) is 24.0 Å². The van der Waals surface area contributed by atoms with Crippen molar-refractivity contribution in [1.29, 1.82) is 0 Å². The van der Waals surface area contributed by atoms with Gasteiger partial charge in [0.2, 0.25) is 0 Å². The minimum atomic E-state index is 0. The number of hydrogen-bond donors (Lipinski definition) is 2. The number of nitrogens with one attached hydrogen (secondary N) is 2. The number of aliphatic imine (C=N–C) groups is 1. The first-order chi connectivity index (χ1) is 10.7. The molecular formula is C17H30IN3O2. The summed E-state index contributed by atoms with van der Waals surface area (Å²) in [5.41, 5.74) is 1.18. The van der Waals surface area contributed by atoms with Crippen molar-refractivity contribution in [2.45, 2.75) is 26.7 Å². The highest BCUT2D eigenvalue weighted by molar-refractivity contribution is 14.0. The second-order valence-electron chi connectivity index (χ2n) is 4.99. The molecule has 5 nitrogen and oxygen atoms in total. The Kier molecular flexibility index (Phi) is 12.8. The highest BCUT2D eigenvalue weighted by Gasteiger charge is 2.10. The summed E-state index contributed by atoms with van der Waals surface area (Å²) in [6.45, 7) is 9.92. The van der Waals surface area contributed by atoms with Crippen molar-refractivity contribution in [2.75, 3.05) is 40.0 Å². The van der Waals surface area contributed by atoms with E-state index in [4.69, 9.17) is 9.47 Å². The minimum absolute atomic E-state index is 0. The van der Waals surface area contributed by atoms with Crippen molar-refractivity contribution in [3.8, 4) is 5.75 Å². The zero-order valence-corrected chi connectivity index (χ0v) is 16.9. The summed E-state index contributed by atoms with van der Waals surface area (Å²) in [7, 11) is 1.70. The van der Waals surface area contributed by atoms with Gasteiger partial charge in [-0.15, -0.1) is 24.0 Å². The van der Waals surface area contributed by atoms with Crippen LogP contribution in [0.25, 0.3) is 0 Å². The predicted octanol–water partition coefficient (Wildman–Crippen LogP) is 3.01. The maximum atomic E-state index is 5.42. The molecule has 1 atom stereocenters. The number of ether oxygens (including phenoxy) is 2. The summed E-state index contributed by atoms with van der Waals surface area (Å²) in [6.07, 6.45) is 0. The molecule has 0 radical (unpaired) electrons. The average molecular weight is 435 g/mol. The molecule has 0 spiro atoms. The predicted molar refractivity (Wildman–Crippen MR) is 107 cm³/mol. The Morgan fingerprint density at radius 1 is 1.22 bits per heavy atom. The smallest absolute Gasteiger partial charge is 0.191 e. The number of hydrogen-bond acceptors (Lipinski definition) is 3. The highest BCUT2D eigenvalue weighted by Crippen LogP contribution is 2.26. The van der Waals surface area contributed by atoms with Crippen molar-refractivity contribution in [2.24, 2.45) is 4.99 Å². The molecule has 1 rings (SSSR count). The van der Waals surface area contributed by atoms with Gasteiger partial charge in [-0.2, -0.15) is 0 Å². The summed E-state index contributed by atoms with van der Waals surface area (Å²) in [5.74, 6) is 2.03. The van der Waals surface area contributed by atoms with E-state index < -0.39 is 0 Å². The number of methoxy groups -OCH3 is 1. The summed E-state index contributed by atoms with van der Waals surface area (Å²) in [4.78, 5) is 4.65. The second-order valence-corrected chi connectivity index (χ2v) is 4.99. The number of rotatable bonds is 9. The zero-order chi connectivity index (χ0) is 16.2. The van der Waals surface area contributed by atoms with Crippen LogP contribution < -0.4 is 15.4 Å². The van der Waals surface area contributed by atoms with E-state index in [0.717, 1.165) is 31.4 Å². The van der Waals surface area contributed by atoms with Crippen molar-refractivity contribution >= 4 is 29.9 Å². The molecule has 0 saturated carbocycles. The second kappa shape index (κ2) is 13.4. The maximum absolute atomic E-state index is 5.42. The Morgan fingerprint density at radius 2 is 1.96 bits per heavy atom. The first-order valence-corrected chi connectivity index (χ1v) is 7.95. The molecule has 0 fully saturated rings. The molecule has 0 aromatic heterocycles. The van der Waals surface area contributed by atoms with E-state index in [0.29, 0.717) is 19.1 Å². The fourth-order valence-corrected chi connectivity index (χ4v) is 2.13. The number of nitrogens with zero attached hydrogens (tertiary/aromatic N) is 1. The van der Waals surface area contributed by atoms with Gasteiger partial charge in [-0.05, 0) is 25.5 Å². The quantitative estimate of drug-likeness (QED) is 0.271. The largest absolute Gasteiger partial charge is 0.496 e. The molecule has 0 heterocycles. The molecule has 0 aliphatic rings. The molecule has 0 bridgehead atoms. The monoisotopic (exact) mass is 435 g/mol. The number of halogens is 1.